The zero-order chi connectivity index (χ0) is 15.1. The third-order valence-electron chi connectivity index (χ3n) is 3.38. The Bertz CT molecular complexity index is 489. The predicted octanol–water partition coefficient (Wildman–Crippen LogP) is 1.44. The molecule has 1 aliphatic heterocycles. The molecule has 114 valence electrons. The fourth-order valence-corrected chi connectivity index (χ4v) is 3.50. The van der Waals surface area contributed by atoms with Crippen molar-refractivity contribution >= 4 is 23.5 Å². The molecule has 0 aliphatic carbocycles. The van der Waals surface area contributed by atoms with Crippen LogP contribution in [0.5, 0.6) is 0 Å². The summed E-state index contributed by atoms with van der Waals surface area (Å²) >= 11 is 1.71. The summed E-state index contributed by atoms with van der Waals surface area (Å²) in [6.45, 7) is 0.948. The van der Waals surface area contributed by atoms with Gasteiger partial charge in [0.05, 0.1) is 5.25 Å². The molecule has 0 spiro atoms. The summed E-state index contributed by atoms with van der Waals surface area (Å²) in [6, 6.07) is 3.80. The number of carbonyl (C=O) groups is 1. The van der Waals surface area contributed by atoms with Crippen LogP contribution in [0, 0.1) is 0 Å². The van der Waals surface area contributed by atoms with Crippen molar-refractivity contribution < 1.29 is 10.0 Å². The molecule has 1 atom stereocenters. The van der Waals surface area contributed by atoms with Gasteiger partial charge in [-0.2, -0.15) is 0 Å². The highest BCUT2D eigenvalue weighted by Gasteiger charge is 2.28. The van der Waals surface area contributed by atoms with Crippen LogP contribution in [0.2, 0.25) is 0 Å². The van der Waals surface area contributed by atoms with E-state index in [2.05, 4.69) is 10.1 Å². The minimum atomic E-state index is 0.0361. The van der Waals surface area contributed by atoms with Crippen molar-refractivity contribution in [3.8, 4) is 0 Å². The number of aromatic nitrogens is 1. The first-order valence-electron chi connectivity index (χ1n) is 6.96. The molecule has 2 rings (SSSR count). The lowest BCUT2D eigenvalue weighted by Gasteiger charge is -2.25. The molecule has 0 aromatic carbocycles. The molecule has 1 saturated heterocycles. The Labute approximate surface area is 128 Å². The van der Waals surface area contributed by atoms with Crippen molar-refractivity contribution in [3.63, 3.8) is 0 Å². The fourth-order valence-electron chi connectivity index (χ4n) is 2.25. The summed E-state index contributed by atoms with van der Waals surface area (Å²) in [6.07, 6.45) is 5.84. The van der Waals surface area contributed by atoms with Gasteiger partial charge >= 0.3 is 0 Å². The molecule has 3 N–H and O–H groups in total. The first-order chi connectivity index (χ1) is 10.2. The van der Waals surface area contributed by atoms with Crippen LogP contribution in [0.1, 0.15) is 24.8 Å². The third kappa shape index (κ3) is 4.63. The molecule has 1 aliphatic rings. The zero-order valence-electron chi connectivity index (χ0n) is 11.8. The van der Waals surface area contributed by atoms with E-state index in [1.807, 2.05) is 12.1 Å². The molecule has 2 heterocycles. The van der Waals surface area contributed by atoms with E-state index in [1.165, 1.54) is 0 Å². The summed E-state index contributed by atoms with van der Waals surface area (Å²) in [7, 11) is 0. The van der Waals surface area contributed by atoms with E-state index in [0.29, 0.717) is 19.5 Å². The summed E-state index contributed by atoms with van der Waals surface area (Å²) in [4.78, 5) is 18.4. The van der Waals surface area contributed by atoms with Crippen molar-refractivity contribution in [1.82, 2.24) is 9.88 Å². The summed E-state index contributed by atoms with van der Waals surface area (Å²) < 4.78 is 0. The average Bonchev–Trinajstić information content (AvgIpc) is 3.05. The molecule has 21 heavy (non-hydrogen) atoms. The third-order valence-corrected chi connectivity index (χ3v) is 4.74. The Morgan fingerprint density at radius 1 is 1.62 bits per heavy atom. The number of hydrogen-bond acceptors (Lipinski definition) is 5. The molecule has 6 nitrogen and oxygen atoms in total. The molecule has 7 heteroatoms. The Morgan fingerprint density at radius 3 is 3.10 bits per heavy atom. The van der Waals surface area contributed by atoms with E-state index in [-0.39, 0.29) is 17.0 Å². The Balaban J connectivity index is 2.03. The SMILES string of the molecule is NC(CCN(Cc1cccnc1)C(=O)C1CCCS1)=NO. The minimum absolute atomic E-state index is 0.0361. The highest BCUT2D eigenvalue weighted by molar-refractivity contribution is 8.00. The molecular formula is C14H20N4O2S. The molecule has 0 radical (unpaired) electrons. The van der Waals surface area contributed by atoms with Crippen LogP contribution in [0.25, 0.3) is 0 Å². The number of thioether (sulfide) groups is 1. The van der Waals surface area contributed by atoms with Gasteiger partial charge in [0.1, 0.15) is 5.84 Å². The summed E-state index contributed by atoms with van der Waals surface area (Å²) in [5.74, 6) is 1.31. The van der Waals surface area contributed by atoms with Crippen LogP contribution in [-0.2, 0) is 11.3 Å². The lowest BCUT2D eigenvalue weighted by atomic mass is 10.2. The number of amides is 1. The molecule has 1 fully saturated rings. The lowest BCUT2D eigenvalue weighted by molar-refractivity contribution is -0.131. The van der Waals surface area contributed by atoms with Gasteiger partial charge in [-0.3, -0.25) is 9.78 Å². The van der Waals surface area contributed by atoms with Gasteiger partial charge in [0.15, 0.2) is 0 Å². The van der Waals surface area contributed by atoms with Gasteiger partial charge < -0.3 is 15.8 Å². The highest BCUT2D eigenvalue weighted by atomic mass is 32.2. The van der Waals surface area contributed by atoms with Crippen molar-refractivity contribution in [2.24, 2.45) is 10.9 Å². The standard InChI is InChI=1S/C14H20N4O2S/c15-13(17-20)5-7-18(10-11-3-1-6-16-9-11)14(19)12-4-2-8-21-12/h1,3,6,9,12,20H,2,4-5,7-8,10H2,(H2,15,17). The maximum atomic E-state index is 12.6. The predicted molar refractivity (Wildman–Crippen MR) is 83.2 cm³/mol. The topological polar surface area (TPSA) is 91.8 Å². The second-order valence-electron chi connectivity index (χ2n) is 4.96. The first-order valence-corrected chi connectivity index (χ1v) is 8.01. The number of pyridine rings is 1. The lowest BCUT2D eigenvalue weighted by Crippen LogP contribution is -2.38. The van der Waals surface area contributed by atoms with Crippen LogP contribution >= 0.6 is 11.8 Å². The molecule has 0 saturated carbocycles. The van der Waals surface area contributed by atoms with Crippen LogP contribution in [0.3, 0.4) is 0 Å². The van der Waals surface area contributed by atoms with E-state index in [4.69, 9.17) is 10.9 Å². The number of carbonyl (C=O) groups excluding carboxylic acids is 1. The van der Waals surface area contributed by atoms with E-state index < -0.39 is 0 Å². The molecule has 1 aromatic rings. The summed E-state index contributed by atoms with van der Waals surface area (Å²) in [5, 5.41) is 11.6. The number of oxime groups is 1. The van der Waals surface area contributed by atoms with Gasteiger partial charge in [0.25, 0.3) is 0 Å². The highest BCUT2D eigenvalue weighted by Crippen LogP contribution is 2.28. The van der Waals surface area contributed by atoms with Crippen LogP contribution in [0.15, 0.2) is 29.7 Å². The largest absolute Gasteiger partial charge is 0.409 e. The summed E-state index contributed by atoms with van der Waals surface area (Å²) in [5.41, 5.74) is 6.49. The monoisotopic (exact) mass is 308 g/mol. The number of amidine groups is 1. The maximum Gasteiger partial charge on any atom is 0.236 e. The Kier molecular flexibility index (Phi) is 5.86. The Morgan fingerprint density at radius 2 is 2.48 bits per heavy atom. The van der Waals surface area contributed by atoms with Crippen molar-refractivity contribution in [2.75, 3.05) is 12.3 Å². The minimum Gasteiger partial charge on any atom is -0.409 e. The molecule has 1 unspecified atom stereocenters. The van der Waals surface area contributed by atoms with Gasteiger partial charge in [0, 0.05) is 31.9 Å². The maximum absolute atomic E-state index is 12.6. The van der Waals surface area contributed by atoms with Gasteiger partial charge in [-0.15, -0.1) is 11.8 Å². The van der Waals surface area contributed by atoms with Crippen molar-refractivity contribution in [2.45, 2.75) is 31.1 Å². The smallest absolute Gasteiger partial charge is 0.236 e. The van der Waals surface area contributed by atoms with Gasteiger partial charge in [-0.05, 0) is 30.2 Å². The van der Waals surface area contributed by atoms with E-state index in [0.717, 1.165) is 24.2 Å². The van der Waals surface area contributed by atoms with Gasteiger partial charge in [-0.1, -0.05) is 11.2 Å². The number of nitrogens with zero attached hydrogens (tertiary/aromatic N) is 3. The van der Waals surface area contributed by atoms with Crippen LogP contribution < -0.4 is 5.73 Å². The quantitative estimate of drug-likeness (QED) is 0.359. The van der Waals surface area contributed by atoms with Crippen molar-refractivity contribution in [3.05, 3.63) is 30.1 Å². The first kappa shape index (κ1) is 15.6. The second-order valence-corrected chi connectivity index (χ2v) is 6.27. The van der Waals surface area contributed by atoms with Crippen LogP contribution in [-0.4, -0.2) is 44.4 Å². The number of nitrogens with two attached hydrogens (primary N) is 1. The normalized spacial score (nSPS) is 18.7. The zero-order valence-corrected chi connectivity index (χ0v) is 12.6. The molecular weight excluding hydrogens is 288 g/mol. The van der Waals surface area contributed by atoms with E-state index >= 15 is 0 Å². The van der Waals surface area contributed by atoms with E-state index in [1.54, 1.807) is 29.1 Å². The van der Waals surface area contributed by atoms with Gasteiger partial charge in [0.2, 0.25) is 5.91 Å². The second kappa shape index (κ2) is 7.87. The van der Waals surface area contributed by atoms with Gasteiger partial charge in [-0.25, -0.2) is 0 Å². The molecule has 1 amide bonds. The Hall–Kier alpha value is -1.76. The van der Waals surface area contributed by atoms with Crippen molar-refractivity contribution in [1.29, 1.82) is 0 Å². The number of hydrogen-bond donors (Lipinski definition) is 2. The van der Waals surface area contributed by atoms with Crippen LogP contribution in [0.4, 0.5) is 0 Å². The number of rotatable bonds is 6. The molecule has 1 aromatic heterocycles. The average molecular weight is 308 g/mol. The fraction of sp³-hybridized carbons (Fsp3) is 0.500. The van der Waals surface area contributed by atoms with E-state index in [9.17, 15) is 4.79 Å². The molecule has 0 bridgehead atoms.